The highest BCUT2D eigenvalue weighted by Crippen LogP contribution is 2.09. The normalized spacial score (nSPS) is 21.9. The molecule has 1 atom stereocenters. The van der Waals surface area contributed by atoms with E-state index in [0.717, 1.165) is 19.5 Å². The van der Waals surface area contributed by atoms with Gasteiger partial charge in [-0.2, -0.15) is 0 Å². The number of nitrogens with zero attached hydrogens (tertiary/aromatic N) is 2. The Balaban J connectivity index is 2.36. The maximum absolute atomic E-state index is 11.4. The summed E-state index contributed by atoms with van der Waals surface area (Å²) in [7, 11) is 0. The molecule has 1 saturated heterocycles. The third-order valence-electron chi connectivity index (χ3n) is 2.52. The first kappa shape index (κ1) is 11.8. The first-order valence-corrected chi connectivity index (χ1v) is 5.51. The molecule has 5 heteroatoms. The van der Waals surface area contributed by atoms with E-state index in [2.05, 4.69) is 10.3 Å². The van der Waals surface area contributed by atoms with Gasteiger partial charge in [-0.1, -0.05) is 6.92 Å². The molecule has 0 saturated carbocycles. The van der Waals surface area contributed by atoms with Crippen LogP contribution in [0.1, 0.15) is 26.7 Å². The van der Waals surface area contributed by atoms with E-state index in [1.807, 2.05) is 18.7 Å². The van der Waals surface area contributed by atoms with Crippen molar-refractivity contribution in [3.63, 3.8) is 0 Å². The van der Waals surface area contributed by atoms with Gasteiger partial charge < -0.3 is 16.0 Å². The third-order valence-corrected chi connectivity index (χ3v) is 2.52. The van der Waals surface area contributed by atoms with Crippen molar-refractivity contribution < 1.29 is 4.79 Å². The van der Waals surface area contributed by atoms with Gasteiger partial charge >= 0.3 is 0 Å². The van der Waals surface area contributed by atoms with E-state index < -0.39 is 0 Å². The van der Waals surface area contributed by atoms with Crippen molar-refractivity contribution in [1.29, 1.82) is 0 Å². The summed E-state index contributed by atoms with van der Waals surface area (Å²) in [6, 6.07) is 0.260. The van der Waals surface area contributed by atoms with Crippen molar-refractivity contribution in [2.24, 2.45) is 10.7 Å². The minimum absolute atomic E-state index is 0.213. The summed E-state index contributed by atoms with van der Waals surface area (Å²) in [5.41, 5.74) is 5.65. The Hall–Kier alpha value is -1.26. The van der Waals surface area contributed by atoms with E-state index in [9.17, 15) is 4.79 Å². The van der Waals surface area contributed by atoms with E-state index in [-0.39, 0.29) is 11.9 Å². The molecule has 0 aliphatic carbocycles. The van der Waals surface area contributed by atoms with Crippen LogP contribution in [-0.4, -0.2) is 42.4 Å². The van der Waals surface area contributed by atoms with E-state index in [1.165, 1.54) is 0 Å². The zero-order chi connectivity index (χ0) is 11.3. The van der Waals surface area contributed by atoms with E-state index in [0.29, 0.717) is 18.9 Å². The number of amides is 1. The van der Waals surface area contributed by atoms with Crippen LogP contribution in [0.2, 0.25) is 0 Å². The molecule has 1 heterocycles. The van der Waals surface area contributed by atoms with Gasteiger partial charge in [0.1, 0.15) is 0 Å². The molecule has 1 aliphatic heterocycles. The molecule has 0 spiro atoms. The molecule has 1 rings (SSSR count). The lowest BCUT2D eigenvalue weighted by atomic mass is 10.3. The molecule has 0 aromatic heterocycles. The van der Waals surface area contributed by atoms with Gasteiger partial charge in [-0.25, -0.2) is 0 Å². The number of aliphatic imine (C=N–C) groups is 1. The minimum Gasteiger partial charge on any atom is -0.370 e. The second kappa shape index (κ2) is 5.58. The predicted octanol–water partition coefficient (Wildman–Crippen LogP) is -0.0785. The average molecular weight is 212 g/mol. The van der Waals surface area contributed by atoms with Gasteiger partial charge in [0, 0.05) is 32.1 Å². The zero-order valence-electron chi connectivity index (χ0n) is 9.49. The molecule has 0 radical (unpaired) electrons. The molecule has 0 aromatic carbocycles. The van der Waals surface area contributed by atoms with Crippen molar-refractivity contribution in [1.82, 2.24) is 10.2 Å². The van der Waals surface area contributed by atoms with Crippen LogP contribution >= 0.6 is 0 Å². The lowest BCUT2D eigenvalue weighted by molar-refractivity contribution is -0.129. The number of rotatable bonds is 3. The molecule has 1 amide bonds. The highest BCUT2D eigenvalue weighted by atomic mass is 16.2. The largest absolute Gasteiger partial charge is 0.370 e. The summed E-state index contributed by atoms with van der Waals surface area (Å²) in [4.78, 5) is 17.3. The first-order chi connectivity index (χ1) is 7.17. The molecule has 0 bridgehead atoms. The number of carbonyl (C=O) groups excluding carboxylic acids is 1. The Bertz CT molecular complexity index is 252. The van der Waals surface area contributed by atoms with Gasteiger partial charge in [0.25, 0.3) is 0 Å². The van der Waals surface area contributed by atoms with Crippen molar-refractivity contribution >= 4 is 11.9 Å². The quantitative estimate of drug-likeness (QED) is 0.508. The molecule has 1 fully saturated rings. The van der Waals surface area contributed by atoms with Crippen LogP contribution in [0.4, 0.5) is 0 Å². The summed E-state index contributed by atoms with van der Waals surface area (Å²) >= 11 is 0. The number of hydrogen-bond donors (Lipinski definition) is 2. The second-order valence-electron chi connectivity index (χ2n) is 3.68. The second-order valence-corrected chi connectivity index (χ2v) is 3.68. The summed E-state index contributed by atoms with van der Waals surface area (Å²) < 4.78 is 0. The van der Waals surface area contributed by atoms with Crippen LogP contribution in [0.3, 0.4) is 0 Å². The maximum atomic E-state index is 11.4. The highest BCUT2D eigenvalue weighted by molar-refractivity contribution is 5.79. The number of likely N-dealkylation sites (tertiary alicyclic amines) is 1. The van der Waals surface area contributed by atoms with Crippen LogP contribution in [0, 0.1) is 0 Å². The molecule has 15 heavy (non-hydrogen) atoms. The lowest BCUT2D eigenvalue weighted by Gasteiger charge is -2.16. The fraction of sp³-hybridized carbons (Fsp3) is 0.800. The Morgan fingerprint density at radius 3 is 2.93 bits per heavy atom. The van der Waals surface area contributed by atoms with Crippen molar-refractivity contribution in [3.8, 4) is 0 Å². The summed E-state index contributed by atoms with van der Waals surface area (Å²) in [6.07, 6.45) is 1.52. The lowest BCUT2D eigenvalue weighted by Crippen LogP contribution is -2.42. The van der Waals surface area contributed by atoms with Crippen molar-refractivity contribution in [3.05, 3.63) is 0 Å². The van der Waals surface area contributed by atoms with Crippen LogP contribution in [0.15, 0.2) is 4.99 Å². The number of guanidine groups is 1. The number of nitrogens with one attached hydrogen (secondary N) is 1. The van der Waals surface area contributed by atoms with Gasteiger partial charge in [0.15, 0.2) is 5.96 Å². The Morgan fingerprint density at radius 1 is 1.60 bits per heavy atom. The molecule has 5 nitrogen and oxygen atoms in total. The van der Waals surface area contributed by atoms with Crippen LogP contribution in [-0.2, 0) is 4.79 Å². The topological polar surface area (TPSA) is 70.7 Å². The number of carbonyl (C=O) groups is 1. The SMILES string of the molecule is CCN=C(N)N[C@H]1CCN(C(=O)CC)C1. The van der Waals surface area contributed by atoms with Crippen LogP contribution in [0.25, 0.3) is 0 Å². The van der Waals surface area contributed by atoms with Gasteiger partial charge in [-0.05, 0) is 13.3 Å². The standard InChI is InChI=1S/C10H20N4O/c1-3-9(15)14-6-5-8(7-14)13-10(11)12-4-2/h8H,3-7H2,1-2H3,(H3,11,12,13)/t8-/m0/s1. The smallest absolute Gasteiger partial charge is 0.222 e. The Labute approximate surface area is 90.7 Å². The van der Waals surface area contributed by atoms with Gasteiger partial charge in [0.2, 0.25) is 5.91 Å². The Morgan fingerprint density at radius 2 is 2.33 bits per heavy atom. The summed E-state index contributed by atoms with van der Waals surface area (Å²) in [5, 5.41) is 3.12. The van der Waals surface area contributed by atoms with Gasteiger partial charge in [0.05, 0.1) is 0 Å². The van der Waals surface area contributed by atoms with Gasteiger partial charge in [-0.3, -0.25) is 9.79 Å². The summed E-state index contributed by atoms with van der Waals surface area (Å²) in [5.74, 6) is 0.693. The molecular weight excluding hydrogens is 192 g/mol. The molecule has 3 N–H and O–H groups in total. The van der Waals surface area contributed by atoms with Crippen molar-refractivity contribution in [2.45, 2.75) is 32.7 Å². The maximum Gasteiger partial charge on any atom is 0.222 e. The molecule has 0 aromatic rings. The zero-order valence-corrected chi connectivity index (χ0v) is 9.49. The van der Waals surface area contributed by atoms with Crippen LogP contribution < -0.4 is 11.1 Å². The Kier molecular flexibility index (Phi) is 4.39. The minimum atomic E-state index is 0.213. The molecular formula is C10H20N4O. The fourth-order valence-electron chi connectivity index (χ4n) is 1.75. The molecule has 0 unspecified atom stereocenters. The van der Waals surface area contributed by atoms with E-state index in [1.54, 1.807) is 0 Å². The average Bonchev–Trinajstić information content (AvgIpc) is 2.65. The summed E-state index contributed by atoms with van der Waals surface area (Å²) in [6.45, 7) is 6.08. The van der Waals surface area contributed by atoms with E-state index >= 15 is 0 Å². The van der Waals surface area contributed by atoms with Crippen molar-refractivity contribution in [2.75, 3.05) is 19.6 Å². The highest BCUT2D eigenvalue weighted by Gasteiger charge is 2.25. The molecule has 86 valence electrons. The first-order valence-electron chi connectivity index (χ1n) is 5.51. The predicted molar refractivity (Wildman–Crippen MR) is 60.6 cm³/mol. The third kappa shape index (κ3) is 3.42. The number of nitrogens with two attached hydrogens (primary N) is 1. The van der Waals surface area contributed by atoms with Gasteiger partial charge in [-0.15, -0.1) is 0 Å². The molecule has 1 aliphatic rings. The van der Waals surface area contributed by atoms with Crippen LogP contribution in [0.5, 0.6) is 0 Å². The van der Waals surface area contributed by atoms with E-state index in [4.69, 9.17) is 5.73 Å². The monoisotopic (exact) mass is 212 g/mol. The fourth-order valence-corrected chi connectivity index (χ4v) is 1.75. The number of hydrogen-bond acceptors (Lipinski definition) is 2.